The van der Waals surface area contributed by atoms with Crippen LogP contribution in [-0.4, -0.2) is 5.54 Å². The maximum Gasteiger partial charge on any atom is 0.0182 e. The van der Waals surface area contributed by atoms with E-state index in [1.165, 1.54) is 89.9 Å². The van der Waals surface area contributed by atoms with E-state index in [0.717, 1.165) is 5.92 Å². The first-order chi connectivity index (χ1) is 9.23. The summed E-state index contributed by atoms with van der Waals surface area (Å²) in [7, 11) is 0. The van der Waals surface area contributed by atoms with Gasteiger partial charge in [0.05, 0.1) is 0 Å². The van der Waals surface area contributed by atoms with Crippen LogP contribution in [-0.2, 0) is 0 Å². The zero-order chi connectivity index (χ0) is 14.0. The van der Waals surface area contributed by atoms with Gasteiger partial charge in [-0.2, -0.15) is 0 Å². The Hall–Kier alpha value is -0.0400. The summed E-state index contributed by atoms with van der Waals surface area (Å²) in [5.74, 6) is 0.819. The van der Waals surface area contributed by atoms with E-state index in [2.05, 4.69) is 13.8 Å². The molecule has 2 atom stereocenters. The predicted octanol–water partition coefficient (Wildman–Crippen LogP) is 5.81. The number of hydrogen-bond donors (Lipinski definition) is 1. The Balaban J connectivity index is 2.32. The third-order valence-electron chi connectivity index (χ3n) is 5.16. The molecule has 1 nitrogen and oxygen atoms in total. The molecular formula is C18H37N. The molecule has 0 heterocycles. The molecule has 1 heteroatoms. The summed E-state index contributed by atoms with van der Waals surface area (Å²) in [4.78, 5) is 0. The highest BCUT2D eigenvalue weighted by Crippen LogP contribution is 2.38. The van der Waals surface area contributed by atoms with Crippen molar-refractivity contribution in [3.8, 4) is 0 Å². The van der Waals surface area contributed by atoms with Crippen molar-refractivity contribution in [3.05, 3.63) is 0 Å². The van der Waals surface area contributed by atoms with Gasteiger partial charge in [0.1, 0.15) is 0 Å². The first kappa shape index (κ1) is 17.0. The molecule has 1 rings (SSSR count). The zero-order valence-corrected chi connectivity index (χ0v) is 13.6. The minimum Gasteiger partial charge on any atom is -0.325 e. The van der Waals surface area contributed by atoms with Crippen LogP contribution in [0.25, 0.3) is 0 Å². The molecule has 2 unspecified atom stereocenters. The van der Waals surface area contributed by atoms with E-state index >= 15 is 0 Å². The highest BCUT2D eigenvalue weighted by atomic mass is 14.8. The molecule has 0 aliphatic heterocycles. The van der Waals surface area contributed by atoms with Crippen molar-refractivity contribution >= 4 is 0 Å². The Morgan fingerprint density at radius 2 is 1.58 bits per heavy atom. The molecule has 0 aromatic carbocycles. The van der Waals surface area contributed by atoms with Crippen molar-refractivity contribution in [2.24, 2.45) is 11.7 Å². The van der Waals surface area contributed by atoms with Crippen LogP contribution in [0.2, 0.25) is 0 Å². The molecule has 0 bridgehead atoms. The van der Waals surface area contributed by atoms with Crippen LogP contribution < -0.4 is 5.73 Å². The molecule has 0 radical (unpaired) electrons. The Morgan fingerprint density at radius 3 is 2.26 bits per heavy atom. The number of unbranched alkanes of at least 4 members (excludes halogenated alkanes) is 6. The van der Waals surface area contributed by atoms with Crippen molar-refractivity contribution in [1.82, 2.24) is 0 Å². The summed E-state index contributed by atoms with van der Waals surface area (Å²) in [5.41, 5.74) is 6.99. The normalized spacial score (nSPS) is 27.6. The lowest BCUT2D eigenvalue weighted by Gasteiger charge is -2.42. The van der Waals surface area contributed by atoms with E-state index in [1.54, 1.807) is 0 Å². The van der Waals surface area contributed by atoms with Gasteiger partial charge < -0.3 is 5.73 Å². The first-order valence-electron chi connectivity index (χ1n) is 9.02. The average Bonchev–Trinajstić information content (AvgIpc) is 2.42. The molecule has 0 saturated heterocycles. The van der Waals surface area contributed by atoms with E-state index in [4.69, 9.17) is 5.73 Å². The van der Waals surface area contributed by atoms with Gasteiger partial charge >= 0.3 is 0 Å². The van der Waals surface area contributed by atoms with Gasteiger partial charge in [-0.1, -0.05) is 78.1 Å². The fourth-order valence-electron chi connectivity index (χ4n) is 3.80. The van der Waals surface area contributed by atoms with E-state index in [0.29, 0.717) is 0 Å². The van der Waals surface area contributed by atoms with Crippen LogP contribution in [0.1, 0.15) is 104 Å². The number of rotatable bonds is 10. The molecule has 1 saturated carbocycles. The second-order valence-corrected chi connectivity index (χ2v) is 6.84. The second-order valence-electron chi connectivity index (χ2n) is 6.84. The fraction of sp³-hybridized carbons (Fsp3) is 1.00. The molecule has 0 aromatic heterocycles. The Kier molecular flexibility index (Phi) is 8.77. The smallest absolute Gasteiger partial charge is 0.0182 e. The van der Waals surface area contributed by atoms with E-state index < -0.39 is 0 Å². The van der Waals surface area contributed by atoms with Crippen LogP contribution in [0.15, 0.2) is 0 Å². The zero-order valence-electron chi connectivity index (χ0n) is 13.6. The summed E-state index contributed by atoms with van der Waals surface area (Å²) in [6.07, 6.45) is 19.2. The highest BCUT2D eigenvalue weighted by Gasteiger charge is 2.35. The molecular weight excluding hydrogens is 230 g/mol. The molecule has 0 amide bonds. The van der Waals surface area contributed by atoms with Crippen molar-refractivity contribution in [2.75, 3.05) is 0 Å². The highest BCUT2D eigenvalue weighted by molar-refractivity contribution is 4.94. The monoisotopic (exact) mass is 267 g/mol. The van der Waals surface area contributed by atoms with Gasteiger partial charge in [0, 0.05) is 5.54 Å². The maximum absolute atomic E-state index is 6.80. The van der Waals surface area contributed by atoms with E-state index in [-0.39, 0.29) is 5.54 Å². The van der Waals surface area contributed by atoms with Crippen molar-refractivity contribution < 1.29 is 0 Å². The summed E-state index contributed by atoms with van der Waals surface area (Å²) < 4.78 is 0. The summed E-state index contributed by atoms with van der Waals surface area (Å²) >= 11 is 0. The van der Waals surface area contributed by atoms with Crippen LogP contribution in [0.4, 0.5) is 0 Å². The summed E-state index contributed by atoms with van der Waals surface area (Å²) in [6, 6.07) is 0. The van der Waals surface area contributed by atoms with Gasteiger partial charge in [-0.15, -0.1) is 0 Å². The van der Waals surface area contributed by atoms with Crippen LogP contribution in [0, 0.1) is 5.92 Å². The second kappa shape index (κ2) is 9.80. The first-order valence-corrected chi connectivity index (χ1v) is 9.02. The number of nitrogens with two attached hydrogens (primary N) is 1. The summed E-state index contributed by atoms with van der Waals surface area (Å²) in [5, 5.41) is 0. The lowest BCUT2D eigenvalue weighted by Crippen LogP contribution is -2.49. The Labute approximate surface area is 121 Å². The Morgan fingerprint density at radius 1 is 0.895 bits per heavy atom. The molecule has 114 valence electrons. The van der Waals surface area contributed by atoms with Gasteiger partial charge in [-0.3, -0.25) is 0 Å². The van der Waals surface area contributed by atoms with Crippen LogP contribution in [0.3, 0.4) is 0 Å². The van der Waals surface area contributed by atoms with E-state index in [9.17, 15) is 0 Å². The Bertz CT molecular complexity index is 214. The van der Waals surface area contributed by atoms with E-state index in [1.807, 2.05) is 0 Å². The topological polar surface area (TPSA) is 26.0 Å². The van der Waals surface area contributed by atoms with Gasteiger partial charge in [0.25, 0.3) is 0 Å². The minimum absolute atomic E-state index is 0.193. The molecule has 19 heavy (non-hydrogen) atoms. The van der Waals surface area contributed by atoms with Gasteiger partial charge in [0.2, 0.25) is 0 Å². The SMILES string of the molecule is CCCCCCC1CCCCC1(N)CCCCCC. The fourth-order valence-corrected chi connectivity index (χ4v) is 3.80. The third-order valence-corrected chi connectivity index (χ3v) is 5.16. The number of hydrogen-bond acceptors (Lipinski definition) is 1. The summed E-state index contributed by atoms with van der Waals surface area (Å²) in [6.45, 7) is 4.58. The van der Waals surface area contributed by atoms with Crippen molar-refractivity contribution in [3.63, 3.8) is 0 Å². The van der Waals surface area contributed by atoms with Crippen LogP contribution in [0.5, 0.6) is 0 Å². The van der Waals surface area contributed by atoms with Crippen LogP contribution >= 0.6 is 0 Å². The molecule has 1 fully saturated rings. The minimum atomic E-state index is 0.193. The standard InChI is InChI=1S/C18H37N/c1-3-5-7-9-13-17-14-10-12-16-18(17,19)15-11-8-6-4-2/h17H,3-16,19H2,1-2H3. The van der Waals surface area contributed by atoms with Crippen molar-refractivity contribution in [1.29, 1.82) is 0 Å². The molecule has 0 spiro atoms. The van der Waals surface area contributed by atoms with Gasteiger partial charge in [-0.05, 0) is 31.6 Å². The average molecular weight is 268 g/mol. The van der Waals surface area contributed by atoms with Gasteiger partial charge in [-0.25, -0.2) is 0 Å². The third kappa shape index (κ3) is 6.29. The quantitative estimate of drug-likeness (QED) is 0.496. The van der Waals surface area contributed by atoms with Crippen molar-refractivity contribution in [2.45, 2.75) is 109 Å². The predicted molar refractivity (Wildman–Crippen MR) is 86.4 cm³/mol. The maximum atomic E-state index is 6.80. The van der Waals surface area contributed by atoms with Gasteiger partial charge in [0.15, 0.2) is 0 Å². The molecule has 1 aliphatic rings. The lowest BCUT2D eigenvalue weighted by molar-refractivity contribution is 0.159. The largest absolute Gasteiger partial charge is 0.325 e. The lowest BCUT2D eigenvalue weighted by atomic mass is 9.69. The molecule has 2 N–H and O–H groups in total. The molecule has 1 aliphatic carbocycles. The molecule has 0 aromatic rings.